The molecule has 4 unspecified atom stereocenters. The summed E-state index contributed by atoms with van der Waals surface area (Å²) in [5.74, 6) is -4.24. The minimum atomic E-state index is -1.81. The van der Waals surface area contributed by atoms with E-state index in [0.29, 0.717) is 35.2 Å². The summed E-state index contributed by atoms with van der Waals surface area (Å²) in [6.45, 7) is 3.94. The molecule has 2 fully saturated rings. The van der Waals surface area contributed by atoms with Crippen LogP contribution in [0.2, 0.25) is 0 Å². The number of carbonyl (C=O) groups is 3. The molecular formula is C30H27N3O4. The minimum absolute atomic E-state index is 0.411. The van der Waals surface area contributed by atoms with Crippen LogP contribution in [-0.4, -0.2) is 22.9 Å². The number of amides is 2. The number of carboxylic acid groups (broad SMARTS) is 1. The van der Waals surface area contributed by atoms with Gasteiger partial charge in [-0.3, -0.25) is 14.9 Å². The van der Waals surface area contributed by atoms with Crippen molar-refractivity contribution in [1.29, 1.82) is 5.26 Å². The SMILES string of the molecule is CCc1cccc(CC)c1N1C(=O)C2C(c3ccc(C#N)cc3)NC(C(=O)O)(c3ccccc3)C2C1=O. The van der Waals surface area contributed by atoms with Gasteiger partial charge < -0.3 is 5.11 Å². The summed E-state index contributed by atoms with van der Waals surface area (Å²) in [6.07, 6.45) is 1.24. The van der Waals surface area contributed by atoms with Crippen molar-refractivity contribution in [3.8, 4) is 6.07 Å². The van der Waals surface area contributed by atoms with Crippen molar-refractivity contribution in [2.45, 2.75) is 38.3 Å². The Bertz CT molecular complexity index is 1410. The van der Waals surface area contributed by atoms with Gasteiger partial charge in [-0.1, -0.05) is 74.5 Å². The molecule has 5 rings (SSSR count). The van der Waals surface area contributed by atoms with Gasteiger partial charge in [0.25, 0.3) is 0 Å². The largest absolute Gasteiger partial charge is 0.480 e. The lowest BCUT2D eigenvalue weighted by Gasteiger charge is -2.32. The van der Waals surface area contributed by atoms with Crippen LogP contribution in [0.25, 0.3) is 0 Å². The number of rotatable bonds is 6. The van der Waals surface area contributed by atoms with E-state index in [2.05, 4.69) is 11.4 Å². The molecule has 186 valence electrons. The summed E-state index contributed by atoms with van der Waals surface area (Å²) in [5.41, 5.74) is 2.01. The molecule has 2 amide bonds. The summed E-state index contributed by atoms with van der Waals surface area (Å²) < 4.78 is 0. The fourth-order valence-corrected chi connectivity index (χ4v) is 5.97. The van der Waals surface area contributed by atoms with Crippen molar-refractivity contribution in [3.05, 3.63) is 101 Å². The quantitative estimate of drug-likeness (QED) is 0.500. The number of nitrogens with zero attached hydrogens (tertiary/aromatic N) is 2. The average Bonchev–Trinajstić information content (AvgIpc) is 3.43. The normalized spacial score (nSPS) is 24.7. The first kappa shape index (κ1) is 24.4. The topological polar surface area (TPSA) is 110 Å². The van der Waals surface area contributed by atoms with Crippen LogP contribution in [0.1, 0.15) is 47.7 Å². The van der Waals surface area contributed by atoms with Crippen LogP contribution in [0.3, 0.4) is 0 Å². The zero-order chi connectivity index (χ0) is 26.3. The van der Waals surface area contributed by atoms with Gasteiger partial charge in [-0.15, -0.1) is 0 Å². The molecule has 3 aromatic carbocycles. The van der Waals surface area contributed by atoms with Crippen LogP contribution in [0, 0.1) is 23.2 Å². The molecule has 0 bridgehead atoms. The number of anilines is 1. The van der Waals surface area contributed by atoms with Crippen LogP contribution in [-0.2, 0) is 32.8 Å². The molecule has 0 aromatic heterocycles. The molecule has 3 aromatic rings. The van der Waals surface area contributed by atoms with Crippen LogP contribution in [0.4, 0.5) is 5.69 Å². The van der Waals surface area contributed by atoms with Gasteiger partial charge in [0.15, 0.2) is 5.54 Å². The lowest BCUT2D eigenvalue weighted by molar-refractivity contribution is -0.149. The Morgan fingerprint density at radius 2 is 1.57 bits per heavy atom. The highest BCUT2D eigenvalue weighted by molar-refractivity contribution is 6.25. The number of aryl methyl sites for hydroxylation is 2. The third kappa shape index (κ3) is 3.56. The number of imide groups is 1. The lowest BCUT2D eigenvalue weighted by Crippen LogP contribution is -2.53. The predicted octanol–water partition coefficient (Wildman–Crippen LogP) is 4.11. The summed E-state index contributed by atoms with van der Waals surface area (Å²) in [7, 11) is 0. The number of fused-ring (bicyclic) bond motifs is 1. The number of hydrogen-bond donors (Lipinski definition) is 2. The van der Waals surface area contributed by atoms with Gasteiger partial charge in [-0.05, 0) is 47.2 Å². The molecule has 4 atom stereocenters. The van der Waals surface area contributed by atoms with Gasteiger partial charge in [-0.2, -0.15) is 5.26 Å². The number of carbonyl (C=O) groups excluding carboxylic acids is 2. The van der Waals surface area contributed by atoms with Crippen molar-refractivity contribution in [2.75, 3.05) is 4.90 Å². The molecule has 0 radical (unpaired) electrons. The van der Waals surface area contributed by atoms with E-state index >= 15 is 0 Å². The summed E-state index contributed by atoms with van der Waals surface area (Å²) in [4.78, 5) is 42.8. The first-order valence-corrected chi connectivity index (χ1v) is 12.4. The van der Waals surface area contributed by atoms with Gasteiger partial charge in [0.05, 0.1) is 29.2 Å². The van der Waals surface area contributed by atoms with Gasteiger partial charge >= 0.3 is 5.97 Å². The molecular weight excluding hydrogens is 466 g/mol. The Morgan fingerprint density at radius 1 is 0.946 bits per heavy atom. The first-order chi connectivity index (χ1) is 17.9. The van der Waals surface area contributed by atoms with Crippen molar-refractivity contribution in [3.63, 3.8) is 0 Å². The van der Waals surface area contributed by atoms with E-state index < -0.39 is 41.2 Å². The number of hydrogen-bond acceptors (Lipinski definition) is 5. The molecule has 2 aliphatic heterocycles. The second-order valence-electron chi connectivity index (χ2n) is 9.48. The number of nitriles is 1. The van der Waals surface area contributed by atoms with Gasteiger partial charge in [0.2, 0.25) is 11.8 Å². The fourth-order valence-electron chi connectivity index (χ4n) is 5.97. The Hall–Kier alpha value is -4.28. The van der Waals surface area contributed by atoms with E-state index in [0.717, 1.165) is 11.1 Å². The van der Waals surface area contributed by atoms with Crippen LogP contribution in [0.5, 0.6) is 0 Å². The van der Waals surface area contributed by atoms with E-state index in [9.17, 15) is 24.8 Å². The van der Waals surface area contributed by atoms with E-state index in [4.69, 9.17) is 0 Å². The lowest BCUT2D eigenvalue weighted by atomic mass is 9.75. The Morgan fingerprint density at radius 3 is 2.11 bits per heavy atom. The number of aliphatic carboxylic acids is 1. The summed E-state index contributed by atoms with van der Waals surface area (Å²) in [6, 6.07) is 22.4. The highest BCUT2D eigenvalue weighted by Crippen LogP contribution is 2.54. The predicted molar refractivity (Wildman–Crippen MR) is 137 cm³/mol. The molecule has 7 heteroatoms. The molecule has 2 N–H and O–H groups in total. The Labute approximate surface area is 215 Å². The highest BCUT2D eigenvalue weighted by Gasteiger charge is 2.69. The molecule has 0 aliphatic carbocycles. The second kappa shape index (κ2) is 9.30. The average molecular weight is 494 g/mol. The highest BCUT2D eigenvalue weighted by atomic mass is 16.4. The van der Waals surface area contributed by atoms with Crippen LogP contribution in [0.15, 0.2) is 72.8 Å². The standard InChI is InChI=1S/C30H27N3O4/c1-3-19-9-8-10-20(4-2)26(19)33-27(34)23-24(28(33)35)30(29(36)37,22-11-6-5-7-12-22)32-25(23)21-15-13-18(17-31)14-16-21/h5-16,23-25,32H,3-4H2,1-2H3,(H,36,37). The Balaban J connectivity index is 1.74. The maximum absolute atomic E-state index is 14.3. The van der Waals surface area contributed by atoms with Crippen molar-refractivity contribution in [1.82, 2.24) is 5.32 Å². The van der Waals surface area contributed by atoms with E-state index in [1.807, 2.05) is 32.0 Å². The zero-order valence-electron chi connectivity index (χ0n) is 20.6. The third-order valence-electron chi connectivity index (χ3n) is 7.71. The van der Waals surface area contributed by atoms with Gasteiger partial charge in [0.1, 0.15) is 0 Å². The van der Waals surface area contributed by atoms with Crippen molar-refractivity contribution in [2.24, 2.45) is 11.8 Å². The smallest absolute Gasteiger partial charge is 0.329 e. The fraction of sp³-hybridized carbons (Fsp3) is 0.267. The number of benzene rings is 3. The molecule has 7 nitrogen and oxygen atoms in total. The number of para-hydroxylation sites is 1. The molecule has 2 aliphatic rings. The zero-order valence-corrected chi connectivity index (χ0v) is 20.6. The maximum Gasteiger partial charge on any atom is 0.329 e. The monoisotopic (exact) mass is 493 g/mol. The van der Waals surface area contributed by atoms with Crippen molar-refractivity contribution < 1.29 is 19.5 Å². The number of nitrogens with one attached hydrogen (secondary N) is 1. The van der Waals surface area contributed by atoms with Crippen LogP contribution < -0.4 is 10.2 Å². The summed E-state index contributed by atoms with van der Waals surface area (Å²) in [5, 5.41) is 23.1. The first-order valence-electron chi connectivity index (χ1n) is 12.4. The molecule has 2 saturated heterocycles. The van der Waals surface area contributed by atoms with E-state index in [-0.39, 0.29) is 0 Å². The minimum Gasteiger partial charge on any atom is -0.480 e. The molecule has 2 heterocycles. The number of carboxylic acids is 1. The van der Waals surface area contributed by atoms with Crippen molar-refractivity contribution >= 4 is 23.5 Å². The molecule has 37 heavy (non-hydrogen) atoms. The van der Waals surface area contributed by atoms with E-state index in [1.165, 1.54) is 4.90 Å². The molecule has 0 saturated carbocycles. The van der Waals surface area contributed by atoms with Gasteiger partial charge in [0, 0.05) is 6.04 Å². The Kier molecular flexibility index (Phi) is 6.14. The van der Waals surface area contributed by atoms with Crippen LogP contribution >= 0.6 is 0 Å². The summed E-state index contributed by atoms with van der Waals surface area (Å²) >= 11 is 0. The third-order valence-corrected chi connectivity index (χ3v) is 7.71. The molecule has 0 spiro atoms. The van der Waals surface area contributed by atoms with Gasteiger partial charge in [-0.25, -0.2) is 9.69 Å². The van der Waals surface area contributed by atoms with E-state index in [1.54, 1.807) is 54.6 Å². The maximum atomic E-state index is 14.3. The second-order valence-corrected chi connectivity index (χ2v) is 9.48.